The SMILES string of the molecule is Cc1nn(C)c(CC(C(=O)O)C2CCCC2)c1Br. The van der Waals surface area contributed by atoms with Crippen molar-refractivity contribution in [2.45, 2.75) is 39.0 Å². The molecule has 1 aromatic heterocycles. The summed E-state index contributed by atoms with van der Waals surface area (Å²) < 4.78 is 2.75. The monoisotopic (exact) mass is 314 g/mol. The Hall–Kier alpha value is -0.840. The first kappa shape index (κ1) is 13.6. The highest BCUT2D eigenvalue weighted by Gasteiger charge is 2.32. The lowest BCUT2D eigenvalue weighted by atomic mass is 9.87. The molecule has 1 aliphatic carbocycles. The summed E-state index contributed by atoms with van der Waals surface area (Å²) >= 11 is 3.51. The quantitative estimate of drug-likeness (QED) is 0.929. The molecule has 1 aromatic rings. The molecule has 1 N–H and O–H groups in total. The van der Waals surface area contributed by atoms with Crippen molar-refractivity contribution in [3.63, 3.8) is 0 Å². The molecule has 0 amide bonds. The second-order valence-corrected chi connectivity index (χ2v) is 5.96. The number of rotatable bonds is 4. The average molecular weight is 315 g/mol. The van der Waals surface area contributed by atoms with E-state index >= 15 is 0 Å². The van der Waals surface area contributed by atoms with Crippen molar-refractivity contribution in [2.75, 3.05) is 0 Å². The number of carboxylic acid groups (broad SMARTS) is 1. The molecule has 1 atom stereocenters. The summed E-state index contributed by atoms with van der Waals surface area (Å²) in [7, 11) is 1.88. The van der Waals surface area contributed by atoms with Gasteiger partial charge in [0.1, 0.15) is 0 Å². The van der Waals surface area contributed by atoms with Crippen LogP contribution in [0.25, 0.3) is 0 Å². The van der Waals surface area contributed by atoms with Crippen LogP contribution in [0.5, 0.6) is 0 Å². The smallest absolute Gasteiger partial charge is 0.307 e. The number of hydrogen-bond donors (Lipinski definition) is 1. The standard InChI is InChI=1S/C13H19BrN2O2/c1-8-12(14)11(16(2)15-8)7-10(13(17)18)9-5-3-4-6-9/h9-10H,3-7H2,1-2H3,(H,17,18). The molecule has 0 radical (unpaired) electrons. The maximum atomic E-state index is 11.5. The van der Waals surface area contributed by atoms with Gasteiger partial charge in [-0.05, 0) is 41.6 Å². The fourth-order valence-corrected chi connectivity index (χ4v) is 3.42. The lowest BCUT2D eigenvalue weighted by molar-refractivity contribution is -0.143. The number of carbonyl (C=O) groups is 1. The molecule has 0 aromatic carbocycles. The largest absolute Gasteiger partial charge is 0.481 e. The van der Waals surface area contributed by atoms with Crippen LogP contribution in [-0.4, -0.2) is 20.9 Å². The number of aromatic nitrogens is 2. The van der Waals surface area contributed by atoms with Gasteiger partial charge in [0.25, 0.3) is 0 Å². The Bertz CT molecular complexity index is 450. The van der Waals surface area contributed by atoms with E-state index in [1.807, 2.05) is 14.0 Å². The number of aliphatic carboxylic acids is 1. The fourth-order valence-electron chi connectivity index (χ4n) is 2.93. The van der Waals surface area contributed by atoms with Crippen molar-refractivity contribution in [2.24, 2.45) is 18.9 Å². The maximum absolute atomic E-state index is 11.5. The highest BCUT2D eigenvalue weighted by molar-refractivity contribution is 9.10. The number of halogens is 1. The fraction of sp³-hybridized carbons (Fsp3) is 0.692. The van der Waals surface area contributed by atoms with Gasteiger partial charge in [-0.3, -0.25) is 9.48 Å². The Kier molecular flexibility index (Phi) is 4.10. The van der Waals surface area contributed by atoms with Crippen LogP contribution in [0.3, 0.4) is 0 Å². The lowest BCUT2D eigenvalue weighted by Crippen LogP contribution is -2.25. The minimum Gasteiger partial charge on any atom is -0.481 e. The number of nitrogens with zero attached hydrogens (tertiary/aromatic N) is 2. The third kappa shape index (κ3) is 2.60. The summed E-state index contributed by atoms with van der Waals surface area (Å²) in [4.78, 5) is 11.5. The molecule has 100 valence electrons. The normalized spacial score (nSPS) is 18.2. The molecule has 2 rings (SSSR count). The van der Waals surface area contributed by atoms with Crippen molar-refractivity contribution in [3.8, 4) is 0 Å². The topological polar surface area (TPSA) is 55.1 Å². The predicted octanol–water partition coefficient (Wildman–Crippen LogP) is 2.92. The van der Waals surface area contributed by atoms with Crippen LogP contribution in [0.4, 0.5) is 0 Å². The van der Waals surface area contributed by atoms with Crippen LogP contribution in [0.2, 0.25) is 0 Å². The van der Waals surface area contributed by atoms with Crippen LogP contribution < -0.4 is 0 Å². The van der Waals surface area contributed by atoms with Gasteiger partial charge in [0.2, 0.25) is 0 Å². The molecule has 1 heterocycles. The Morgan fingerprint density at radius 2 is 2.17 bits per heavy atom. The van der Waals surface area contributed by atoms with Gasteiger partial charge in [-0.25, -0.2) is 0 Å². The van der Waals surface area contributed by atoms with Crippen molar-refractivity contribution in [1.29, 1.82) is 0 Å². The molecule has 1 fully saturated rings. The van der Waals surface area contributed by atoms with Crippen LogP contribution >= 0.6 is 15.9 Å². The summed E-state index contributed by atoms with van der Waals surface area (Å²) in [5.74, 6) is -0.629. The number of hydrogen-bond acceptors (Lipinski definition) is 2. The Balaban J connectivity index is 2.20. The molecule has 1 unspecified atom stereocenters. The first-order valence-corrected chi connectivity index (χ1v) is 7.20. The molecule has 5 heteroatoms. The van der Waals surface area contributed by atoms with E-state index in [2.05, 4.69) is 21.0 Å². The number of carboxylic acids is 1. The van der Waals surface area contributed by atoms with E-state index in [1.165, 1.54) is 12.8 Å². The predicted molar refractivity (Wildman–Crippen MR) is 72.4 cm³/mol. The minimum absolute atomic E-state index is 0.279. The second kappa shape index (κ2) is 5.43. The van der Waals surface area contributed by atoms with E-state index in [0.717, 1.165) is 28.7 Å². The van der Waals surface area contributed by atoms with Crippen molar-refractivity contribution < 1.29 is 9.90 Å². The van der Waals surface area contributed by atoms with Gasteiger partial charge in [0.15, 0.2) is 0 Å². The molecule has 0 spiro atoms. The number of aryl methyl sites for hydroxylation is 2. The van der Waals surface area contributed by atoms with Gasteiger partial charge in [-0.1, -0.05) is 12.8 Å². The lowest BCUT2D eigenvalue weighted by Gasteiger charge is -2.19. The zero-order valence-electron chi connectivity index (χ0n) is 10.8. The average Bonchev–Trinajstić information content (AvgIpc) is 2.88. The first-order chi connectivity index (χ1) is 8.50. The summed E-state index contributed by atoms with van der Waals surface area (Å²) in [6.45, 7) is 1.93. The zero-order valence-corrected chi connectivity index (χ0v) is 12.4. The van der Waals surface area contributed by atoms with Gasteiger partial charge in [-0.15, -0.1) is 0 Å². The first-order valence-electron chi connectivity index (χ1n) is 6.41. The third-order valence-corrected chi connectivity index (χ3v) is 4.99. The molecule has 0 bridgehead atoms. The molecular formula is C13H19BrN2O2. The molecule has 0 saturated heterocycles. The van der Waals surface area contributed by atoms with Crippen molar-refractivity contribution in [1.82, 2.24) is 9.78 Å². The Morgan fingerprint density at radius 1 is 1.56 bits per heavy atom. The summed E-state index contributed by atoms with van der Waals surface area (Å²) in [5.41, 5.74) is 1.91. The van der Waals surface area contributed by atoms with Crippen LogP contribution in [0.15, 0.2) is 4.47 Å². The highest BCUT2D eigenvalue weighted by atomic mass is 79.9. The van der Waals surface area contributed by atoms with Crippen molar-refractivity contribution >= 4 is 21.9 Å². The van der Waals surface area contributed by atoms with E-state index in [0.29, 0.717) is 12.3 Å². The molecular weight excluding hydrogens is 296 g/mol. The van der Waals surface area contributed by atoms with E-state index in [1.54, 1.807) is 4.68 Å². The van der Waals surface area contributed by atoms with Gasteiger partial charge in [0, 0.05) is 13.5 Å². The second-order valence-electron chi connectivity index (χ2n) is 5.16. The Morgan fingerprint density at radius 3 is 2.61 bits per heavy atom. The zero-order chi connectivity index (χ0) is 13.3. The molecule has 1 saturated carbocycles. The van der Waals surface area contributed by atoms with E-state index in [9.17, 15) is 9.90 Å². The van der Waals surface area contributed by atoms with E-state index in [-0.39, 0.29) is 5.92 Å². The summed E-state index contributed by atoms with van der Waals surface area (Å²) in [6.07, 6.45) is 4.99. The third-order valence-electron chi connectivity index (χ3n) is 3.96. The minimum atomic E-state index is -0.673. The van der Waals surface area contributed by atoms with Gasteiger partial charge in [-0.2, -0.15) is 5.10 Å². The maximum Gasteiger partial charge on any atom is 0.307 e. The molecule has 18 heavy (non-hydrogen) atoms. The summed E-state index contributed by atoms with van der Waals surface area (Å²) in [6, 6.07) is 0. The summed E-state index contributed by atoms with van der Waals surface area (Å²) in [5, 5.41) is 13.8. The molecule has 4 nitrogen and oxygen atoms in total. The van der Waals surface area contributed by atoms with E-state index < -0.39 is 5.97 Å². The van der Waals surface area contributed by atoms with Crippen LogP contribution in [-0.2, 0) is 18.3 Å². The van der Waals surface area contributed by atoms with E-state index in [4.69, 9.17) is 0 Å². The molecule has 0 aliphatic heterocycles. The van der Waals surface area contributed by atoms with Gasteiger partial charge >= 0.3 is 5.97 Å². The molecule has 1 aliphatic rings. The van der Waals surface area contributed by atoms with Gasteiger partial charge < -0.3 is 5.11 Å². The van der Waals surface area contributed by atoms with Crippen LogP contribution in [0, 0.1) is 18.8 Å². The Labute approximate surface area is 116 Å². The van der Waals surface area contributed by atoms with Crippen LogP contribution in [0.1, 0.15) is 37.1 Å². The highest BCUT2D eigenvalue weighted by Crippen LogP contribution is 2.35. The van der Waals surface area contributed by atoms with Crippen molar-refractivity contribution in [3.05, 3.63) is 15.9 Å². The van der Waals surface area contributed by atoms with Gasteiger partial charge in [0.05, 0.1) is 21.8 Å².